The van der Waals surface area contributed by atoms with Crippen LogP contribution in [0.15, 0.2) is 200 Å². The van der Waals surface area contributed by atoms with Gasteiger partial charge in [-0.2, -0.15) is 0 Å². The fraction of sp³-hybridized carbons (Fsp3) is 0.176. The summed E-state index contributed by atoms with van der Waals surface area (Å²) >= 11 is 1.94. The number of benzene rings is 9. The average molecular weight is 978 g/mol. The number of nitrogens with zero attached hydrogens (tertiary/aromatic N) is 3. The fourth-order valence-corrected chi connectivity index (χ4v) is 12.9. The van der Waals surface area contributed by atoms with Gasteiger partial charge in [0.1, 0.15) is 0 Å². The van der Waals surface area contributed by atoms with E-state index in [4.69, 9.17) is 4.74 Å². The van der Waals surface area contributed by atoms with E-state index in [0.717, 1.165) is 62.4 Å². The van der Waals surface area contributed by atoms with Crippen LogP contribution in [0.1, 0.15) is 79.0 Å². The molecule has 362 valence electrons. The second-order valence-electron chi connectivity index (χ2n) is 23.4. The molecule has 4 heterocycles. The Bertz CT molecular complexity index is 3860. The van der Waals surface area contributed by atoms with Crippen molar-refractivity contribution in [1.29, 1.82) is 0 Å². The minimum absolute atomic E-state index is 0.0509. The Morgan fingerprint density at radius 3 is 1.74 bits per heavy atom. The molecular formula is C68H60BN3OS. The monoisotopic (exact) mass is 977 g/mol. The molecule has 0 N–H and O–H groups in total. The molecule has 0 saturated heterocycles. The van der Waals surface area contributed by atoms with Gasteiger partial charge in [0, 0.05) is 48.9 Å². The number of rotatable bonds is 4. The molecule has 0 aliphatic carbocycles. The van der Waals surface area contributed by atoms with Crippen LogP contribution in [0, 0.1) is 0 Å². The maximum Gasteiger partial charge on any atom is 0.264 e. The summed E-state index contributed by atoms with van der Waals surface area (Å²) in [5.74, 6) is 1.58. The molecular weight excluding hydrogens is 918 g/mol. The van der Waals surface area contributed by atoms with E-state index in [1.165, 1.54) is 65.0 Å². The first-order valence-electron chi connectivity index (χ1n) is 26.1. The van der Waals surface area contributed by atoms with Crippen molar-refractivity contribution in [2.75, 3.05) is 14.7 Å². The van der Waals surface area contributed by atoms with Gasteiger partial charge in [0.15, 0.2) is 11.5 Å². The molecule has 0 amide bonds. The average Bonchev–Trinajstić information content (AvgIpc) is 3.81. The predicted molar refractivity (Wildman–Crippen MR) is 318 cm³/mol. The minimum atomic E-state index is -0.138. The number of anilines is 9. The van der Waals surface area contributed by atoms with Crippen LogP contribution in [0.2, 0.25) is 0 Å². The molecule has 0 spiro atoms. The van der Waals surface area contributed by atoms with Gasteiger partial charge in [-0.3, -0.25) is 0 Å². The molecule has 0 radical (unpaired) electrons. The molecule has 74 heavy (non-hydrogen) atoms. The van der Waals surface area contributed by atoms with Gasteiger partial charge in [0.2, 0.25) is 0 Å². The number of thiophene rings is 1. The summed E-state index contributed by atoms with van der Waals surface area (Å²) in [6.45, 7) is 20.7. The standard InChI is InChI=1S/C68H60BN3OS/c1-66(2,3)46-25-20-26-49(39-46)70-50-33-34-53-56(42-50)71(57-41-48(68(7,8)9)32-36-61(57)73-60-29-18-17-28-55(60)70)58-37-45(43-21-12-10-13-22-43)38-59-63(58)69(53)65-64(51-27-16-19-30-62(51)74-65)72(59)54-35-31-47(67(4,5)6)40-52(54)44-23-14-11-15-24-44/h10-42H,1-9H3. The topological polar surface area (TPSA) is 19.0 Å². The van der Waals surface area contributed by atoms with E-state index in [-0.39, 0.29) is 23.0 Å². The maximum atomic E-state index is 7.44. The van der Waals surface area contributed by atoms with Gasteiger partial charge >= 0.3 is 0 Å². The summed E-state index contributed by atoms with van der Waals surface area (Å²) in [5, 5.41) is 1.26. The Morgan fingerprint density at radius 2 is 1.00 bits per heavy atom. The quantitative estimate of drug-likeness (QED) is 0.164. The van der Waals surface area contributed by atoms with Crippen LogP contribution in [0.25, 0.3) is 32.3 Å². The Morgan fingerprint density at radius 1 is 0.392 bits per heavy atom. The highest BCUT2D eigenvalue weighted by Gasteiger charge is 2.47. The van der Waals surface area contributed by atoms with Crippen molar-refractivity contribution in [3.8, 4) is 33.8 Å². The molecule has 0 unspecified atom stereocenters. The van der Waals surface area contributed by atoms with Crippen LogP contribution in [-0.2, 0) is 16.2 Å². The summed E-state index contributed by atoms with van der Waals surface area (Å²) < 4.78 is 10.1. The van der Waals surface area contributed by atoms with E-state index >= 15 is 0 Å². The van der Waals surface area contributed by atoms with Gasteiger partial charge in [0.25, 0.3) is 6.71 Å². The van der Waals surface area contributed by atoms with Crippen molar-refractivity contribution in [2.45, 2.75) is 78.6 Å². The van der Waals surface area contributed by atoms with Crippen molar-refractivity contribution in [1.82, 2.24) is 0 Å². The maximum absolute atomic E-state index is 7.44. The number of para-hydroxylation sites is 2. The number of ether oxygens (including phenoxy) is 1. The van der Waals surface area contributed by atoms with Crippen LogP contribution in [0.4, 0.5) is 51.2 Å². The fourth-order valence-electron chi connectivity index (χ4n) is 11.5. The van der Waals surface area contributed by atoms with Crippen LogP contribution in [-0.4, -0.2) is 6.71 Å². The number of hydrogen-bond donors (Lipinski definition) is 0. The van der Waals surface area contributed by atoms with E-state index < -0.39 is 0 Å². The van der Waals surface area contributed by atoms with Crippen molar-refractivity contribution in [3.05, 3.63) is 217 Å². The van der Waals surface area contributed by atoms with Gasteiger partial charge < -0.3 is 19.4 Å². The highest BCUT2D eigenvalue weighted by Crippen LogP contribution is 2.55. The highest BCUT2D eigenvalue weighted by atomic mass is 32.1. The Hall–Kier alpha value is -7.80. The molecule has 4 nitrogen and oxygen atoms in total. The zero-order valence-corrected chi connectivity index (χ0v) is 44.6. The lowest BCUT2D eigenvalue weighted by atomic mass is 9.36. The normalized spacial score (nSPS) is 13.7. The van der Waals surface area contributed by atoms with E-state index in [1.807, 2.05) is 11.3 Å². The van der Waals surface area contributed by atoms with Crippen molar-refractivity contribution < 1.29 is 4.74 Å². The second-order valence-corrected chi connectivity index (χ2v) is 24.5. The molecule has 2 bridgehead atoms. The van der Waals surface area contributed by atoms with Crippen molar-refractivity contribution in [2.24, 2.45) is 0 Å². The molecule has 3 aliphatic heterocycles. The predicted octanol–water partition coefficient (Wildman–Crippen LogP) is 17.8. The number of hydrogen-bond acceptors (Lipinski definition) is 5. The summed E-state index contributed by atoms with van der Waals surface area (Å²) in [7, 11) is 0. The SMILES string of the molecule is CC(C)(C)c1cccc(N2c3ccc4c(c3)N(c3cc(C(C)(C)C)ccc3Oc3ccccc32)c2cc(-c3ccccc3)cc3c2B4c2sc4ccccc4c2N3c2ccc(C(C)(C)C)cc2-c2ccccc2)c1. The molecule has 13 rings (SSSR count). The van der Waals surface area contributed by atoms with Crippen molar-refractivity contribution >= 4 is 95.0 Å². The minimum Gasteiger partial charge on any atom is -0.453 e. The van der Waals surface area contributed by atoms with Crippen LogP contribution in [0.5, 0.6) is 11.5 Å². The molecule has 9 aromatic carbocycles. The van der Waals surface area contributed by atoms with Gasteiger partial charge in [-0.05, 0) is 139 Å². The van der Waals surface area contributed by atoms with Gasteiger partial charge in [-0.15, -0.1) is 11.3 Å². The van der Waals surface area contributed by atoms with Crippen molar-refractivity contribution in [3.63, 3.8) is 0 Å². The summed E-state index contributed by atoms with van der Waals surface area (Å²) in [4.78, 5) is 7.59. The van der Waals surface area contributed by atoms with Gasteiger partial charge in [0.05, 0.1) is 22.7 Å². The second kappa shape index (κ2) is 16.9. The Labute approximate surface area is 441 Å². The van der Waals surface area contributed by atoms with E-state index in [1.54, 1.807) is 0 Å². The molecule has 0 fully saturated rings. The summed E-state index contributed by atoms with van der Waals surface area (Å²) in [6, 6.07) is 74.9. The molecule has 0 saturated carbocycles. The molecule has 3 aliphatic rings. The molecule has 1 aromatic heterocycles. The third-order valence-electron chi connectivity index (χ3n) is 15.5. The molecule has 0 atom stereocenters. The van der Waals surface area contributed by atoms with Crippen LogP contribution in [0.3, 0.4) is 0 Å². The largest absolute Gasteiger partial charge is 0.453 e. The third-order valence-corrected chi connectivity index (χ3v) is 16.7. The first kappa shape index (κ1) is 46.0. The third kappa shape index (κ3) is 7.48. The van der Waals surface area contributed by atoms with E-state index in [0.29, 0.717) is 0 Å². The smallest absolute Gasteiger partial charge is 0.264 e. The Balaban J connectivity index is 1.18. The van der Waals surface area contributed by atoms with E-state index in [2.05, 4.69) is 277 Å². The van der Waals surface area contributed by atoms with Gasteiger partial charge in [-0.25, -0.2) is 0 Å². The zero-order chi connectivity index (χ0) is 50.8. The van der Waals surface area contributed by atoms with E-state index in [9.17, 15) is 0 Å². The molecule has 10 aromatic rings. The lowest BCUT2D eigenvalue weighted by Gasteiger charge is -2.45. The Kier molecular flexibility index (Phi) is 10.5. The summed E-state index contributed by atoms with van der Waals surface area (Å²) in [5.41, 5.74) is 20.8. The molecule has 6 heteroatoms. The van der Waals surface area contributed by atoms with Crippen LogP contribution >= 0.6 is 11.3 Å². The lowest BCUT2D eigenvalue weighted by Crippen LogP contribution is -2.60. The number of fused-ring (bicyclic) bond motifs is 10. The van der Waals surface area contributed by atoms with Gasteiger partial charge in [-0.1, -0.05) is 184 Å². The highest BCUT2D eigenvalue weighted by molar-refractivity contribution is 7.33. The lowest BCUT2D eigenvalue weighted by molar-refractivity contribution is 0.483. The van der Waals surface area contributed by atoms with Crippen LogP contribution < -0.4 is 35.1 Å². The summed E-state index contributed by atoms with van der Waals surface area (Å²) in [6.07, 6.45) is 0. The first-order valence-corrected chi connectivity index (χ1v) is 26.9. The first-order chi connectivity index (χ1) is 35.6. The zero-order valence-electron chi connectivity index (χ0n) is 43.8.